The zero-order chi connectivity index (χ0) is 58.1. The molecule has 0 fully saturated rings. The molecule has 1 aliphatic rings. The first-order valence-corrected chi connectivity index (χ1v) is 27.0. The molecule has 0 N–H and O–H groups in total. The molecule has 0 spiro atoms. The van der Waals surface area contributed by atoms with Crippen LogP contribution in [0, 0.1) is 0 Å². The van der Waals surface area contributed by atoms with Crippen LogP contribution in [0.2, 0.25) is 0 Å². The third-order valence-electron chi connectivity index (χ3n) is 11.4. The van der Waals surface area contributed by atoms with E-state index in [1.54, 1.807) is 74.4 Å². The second-order valence-corrected chi connectivity index (χ2v) is 18.8. The molecule has 0 atom stereocenters. The first kappa shape index (κ1) is 67.9. The van der Waals surface area contributed by atoms with Crippen molar-refractivity contribution in [3.8, 4) is 0 Å². The Kier molecular flexibility index (Phi) is 29.2. The minimum absolute atomic E-state index is 0. The van der Waals surface area contributed by atoms with Gasteiger partial charge in [0.05, 0.1) is 20.7 Å². The van der Waals surface area contributed by atoms with E-state index < -0.39 is 61.6 Å². The summed E-state index contributed by atoms with van der Waals surface area (Å²) in [6.07, 6.45) is 44.1. The average molecular weight is 1410 g/mol. The van der Waals surface area contributed by atoms with Crippen molar-refractivity contribution < 1.29 is 85.2 Å². The maximum Gasteiger partial charge on any atom is 3.00 e. The van der Waals surface area contributed by atoms with Gasteiger partial charge in [0.1, 0.15) is 0 Å². The number of nitrogens with zero attached hydrogens (tertiary/aromatic N) is 24. The number of ketones is 2. The first-order valence-electron chi connectivity index (χ1n) is 24.2. The molecule has 0 aromatic carbocycles. The van der Waals surface area contributed by atoms with Crippen LogP contribution in [0.5, 0.6) is 0 Å². The summed E-state index contributed by atoms with van der Waals surface area (Å²) in [5.74, 6) is -4.92. The summed E-state index contributed by atoms with van der Waals surface area (Å²) in [5, 5.41) is 71.1. The molecule has 12 aromatic rings. The van der Waals surface area contributed by atoms with Crippen molar-refractivity contribution in [2.24, 2.45) is 0 Å². The van der Waals surface area contributed by atoms with E-state index in [1.807, 2.05) is 202 Å². The number of carbonyl (C=O) groups is 2. The largest absolute Gasteiger partial charge is 3.00 e. The standard InChI is InChI=1S/4C9H10BN6.C6H2Cl2O4.2CH2Cl2.2Y/c4*1-4-11-14(7-1)10(15-8-2-5-12-15)16-9-3-6-13-16;7-1-3(9)5(11)2(8)6(12)4(1)10;2*2-1-3;;/h4*1-10H;9,12H;2*1H2;;/q4*-1;;;;2*+3/p-2. The number of hydrogen-bond donors (Lipinski definition) is 0. The summed E-state index contributed by atoms with van der Waals surface area (Å²) >= 11 is 29.2. The van der Waals surface area contributed by atoms with Gasteiger partial charge in [-0.2, -0.15) is 0 Å². The number of Topliss-reactive ketones (excluding diaryl/α,β-unsaturated/α-hetero) is 2. The van der Waals surface area contributed by atoms with Gasteiger partial charge >= 0.3 is 93.9 Å². The van der Waals surface area contributed by atoms with E-state index in [1.165, 1.54) is 0 Å². The molecule has 28 nitrogen and oxygen atoms in total. The van der Waals surface area contributed by atoms with Crippen molar-refractivity contribution in [3.05, 3.63) is 243 Å². The van der Waals surface area contributed by atoms with E-state index in [9.17, 15) is 19.8 Å². The molecule has 12 heterocycles. The van der Waals surface area contributed by atoms with Crippen LogP contribution in [0.1, 0.15) is 0 Å². The summed E-state index contributed by atoms with van der Waals surface area (Å²) in [4.78, 5) is 21.4. The van der Waals surface area contributed by atoms with Crippen molar-refractivity contribution in [1.82, 2.24) is 116 Å². The number of halogens is 6. The fourth-order valence-corrected chi connectivity index (χ4v) is 8.34. The van der Waals surface area contributed by atoms with Gasteiger partial charge in [0, 0.05) is 74.4 Å². The number of carbonyl (C=O) groups excluding carboxylic acids is 2. The SMILES string of the molecule is ClCCl.ClCCl.O=C1C([O-])=C(Cl)C(=O)C([O-])=C1Cl.[Y+3].[Y+3].c1cnn([BH-](n2cccn2)n2cccn2)c1.c1cnn([BH-](n2cccn2)n2cccn2)c1.c1cnn([BH-](n2cccn2)n2cccn2)c1.c1cnn([BH-](n2cccn2)n2cccn2)c1. The van der Waals surface area contributed by atoms with Crippen molar-refractivity contribution in [2.75, 3.05) is 10.7 Å². The molecule has 13 rings (SSSR count). The van der Waals surface area contributed by atoms with Crippen LogP contribution in [-0.2, 0) is 75.0 Å². The van der Waals surface area contributed by atoms with E-state index in [-0.39, 0.29) is 76.1 Å². The zero-order valence-electron chi connectivity index (χ0n) is 43.8. The van der Waals surface area contributed by atoms with Crippen LogP contribution < -0.4 is 10.2 Å². The molecule has 0 saturated heterocycles. The fraction of sp³-hybridized carbons (Fsp3) is 0.0455. The van der Waals surface area contributed by atoms with Crippen molar-refractivity contribution >= 4 is 110 Å². The van der Waals surface area contributed by atoms with Crippen LogP contribution in [-0.4, -0.2) is 167 Å². The van der Waals surface area contributed by atoms with E-state index >= 15 is 0 Å². The zero-order valence-corrected chi connectivity index (χ0v) is 54.0. The third kappa shape index (κ3) is 18.6. The second-order valence-electron chi connectivity index (χ2n) is 16.4. The molecule has 84 heavy (non-hydrogen) atoms. The minimum atomic E-state index is -1.23. The van der Waals surface area contributed by atoms with Gasteiger partial charge in [-0.3, -0.25) is 9.59 Å². The molecule has 0 aliphatic heterocycles. The van der Waals surface area contributed by atoms with Crippen LogP contribution in [0.4, 0.5) is 0 Å². The Morgan fingerprint density at radius 1 is 0.286 bits per heavy atom. The summed E-state index contributed by atoms with van der Waals surface area (Å²) in [6.45, 7) is 0. The van der Waals surface area contributed by atoms with Crippen LogP contribution in [0.15, 0.2) is 243 Å². The van der Waals surface area contributed by atoms with Crippen LogP contribution >= 0.6 is 69.6 Å². The molecule has 1 aliphatic carbocycles. The molecule has 0 amide bonds. The van der Waals surface area contributed by atoms with Gasteiger partial charge in [0.2, 0.25) is 0 Å². The number of rotatable bonds is 12. The van der Waals surface area contributed by atoms with Gasteiger partial charge in [0.15, 0.2) is 11.6 Å². The maximum absolute atomic E-state index is 10.7. The quantitative estimate of drug-likeness (QED) is 0.0947. The molecule has 0 radical (unpaired) electrons. The summed E-state index contributed by atoms with van der Waals surface area (Å²) in [7, 11) is -4.50. The molecule has 0 unspecified atom stereocenters. The first-order chi connectivity index (χ1) is 40.1. The van der Waals surface area contributed by atoms with Crippen LogP contribution in [0.3, 0.4) is 0 Å². The van der Waals surface area contributed by atoms with Gasteiger partial charge in [-0.25, -0.2) is 61.2 Å². The normalized spacial score (nSPS) is 11.6. The fourth-order valence-electron chi connectivity index (χ4n) is 8.00. The van der Waals surface area contributed by atoms with Crippen molar-refractivity contribution in [2.45, 2.75) is 0 Å². The van der Waals surface area contributed by atoms with Gasteiger partial charge in [0.25, 0.3) is 0 Å². The van der Waals surface area contributed by atoms with Crippen molar-refractivity contribution in [1.29, 1.82) is 0 Å². The predicted octanol–water partition coefficient (Wildman–Crippen LogP) is 1.35. The molecule has 0 bridgehead atoms. The van der Waals surface area contributed by atoms with Gasteiger partial charge in [-0.05, 0) is 159 Å². The van der Waals surface area contributed by atoms with Crippen molar-refractivity contribution in [3.63, 3.8) is 0 Å². The Morgan fingerprint density at radius 2 is 0.393 bits per heavy atom. The number of hydrogen-bond acceptors (Lipinski definition) is 16. The number of allylic oxidation sites excluding steroid dienone is 2. The van der Waals surface area contributed by atoms with E-state index in [0.29, 0.717) is 0 Å². The van der Waals surface area contributed by atoms with E-state index in [0.717, 1.165) is 0 Å². The molecule has 12 aromatic heterocycles. The molecule has 40 heteroatoms. The topological polar surface area (TPSA) is 294 Å². The Hall–Kier alpha value is -6.85. The number of alkyl halides is 4. The number of aromatic nitrogens is 24. The molecule has 0 saturated carbocycles. The molecular formula is C44H44B4Cl6N24O4Y2. The Labute approximate surface area is 559 Å². The summed E-state index contributed by atoms with van der Waals surface area (Å²) in [6, 6.07) is 22.7. The Morgan fingerprint density at radius 3 is 0.476 bits per heavy atom. The summed E-state index contributed by atoms with van der Waals surface area (Å²) in [5.41, 5.74) is 0. The average Bonchev–Trinajstić information content (AvgIpc) is 3.96. The van der Waals surface area contributed by atoms with Gasteiger partial charge < -0.3 is 65.3 Å². The maximum atomic E-state index is 10.7. The smallest absolute Gasteiger partial charge is 0.869 e. The van der Waals surface area contributed by atoms with E-state index in [4.69, 9.17) is 69.6 Å². The summed E-state index contributed by atoms with van der Waals surface area (Å²) < 4.78 is 22.5. The third-order valence-corrected chi connectivity index (χ3v) is 12.1. The van der Waals surface area contributed by atoms with E-state index in [2.05, 4.69) is 61.2 Å². The minimum Gasteiger partial charge on any atom is -0.869 e. The van der Waals surface area contributed by atoms with Crippen LogP contribution in [0.25, 0.3) is 0 Å². The molecular weight excluding hydrogens is 1360 g/mol. The van der Waals surface area contributed by atoms with Gasteiger partial charge in [-0.1, -0.05) is 23.2 Å². The Bertz CT molecular complexity index is 2840. The molecule has 424 valence electrons. The van der Waals surface area contributed by atoms with Gasteiger partial charge in [-0.15, -0.1) is 46.4 Å². The monoisotopic (exact) mass is 1400 g/mol. The Balaban J connectivity index is 0.000000187. The second kappa shape index (κ2) is 36.1. The predicted molar refractivity (Wildman–Crippen MR) is 309 cm³/mol.